The lowest BCUT2D eigenvalue weighted by Gasteiger charge is -1.93. The SMILES string of the molecule is C=CCn1cc[n+](CCCCC#N)c1. The summed E-state index contributed by atoms with van der Waals surface area (Å²) in [7, 11) is 0. The Kier molecular flexibility index (Phi) is 4.49. The van der Waals surface area contributed by atoms with Crippen molar-refractivity contribution in [2.45, 2.75) is 32.4 Å². The van der Waals surface area contributed by atoms with E-state index in [1.165, 1.54) is 0 Å². The van der Waals surface area contributed by atoms with Crippen molar-refractivity contribution < 1.29 is 4.57 Å². The minimum absolute atomic E-state index is 0.661. The van der Waals surface area contributed by atoms with Crippen LogP contribution in [0.4, 0.5) is 0 Å². The van der Waals surface area contributed by atoms with E-state index in [0.717, 1.165) is 25.9 Å². The fraction of sp³-hybridized carbons (Fsp3) is 0.455. The molecule has 0 radical (unpaired) electrons. The monoisotopic (exact) mass is 190 g/mol. The van der Waals surface area contributed by atoms with E-state index >= 15 is 0 Å². The van der Waals surface area contributed by atoms with Gasteiger partial charge in [0.25, 0.3) is 0 Å². The molecule has 3 nitrogen and oxygen atoms in total. The van der Waals surface area contributed by atoms with Gasteiger partial charge in [-0.3, -0.25) is 0 Å². The maximum Gasteiger partial charge on any atom is 0.244 e. The highest BCUT2D eigenvalue weighted by Gasteiger charge is 2.00. The lowest BCUT2D eigenvalue weighted by Crippen LogP contribution is -2.30. The first-order chi connectivity index (χ1) is 6.86. The summed E-state index contributed by atoms with van der Waals surface area (Å²) in [4.78, 5) is 0. The molecular weight excluding hydrogens is 174 g/mol. The van der Waals surface area contributed by atoms with E-state index in [-0.39, 0.29) is 0 Å². The molecule has 0 saturated heterocycles. The second-order valence-corrected chi connectivity index (χ2v) is 3.25. The molecule has 0 amide bonds. The Labute approximate surface area is 84.9 Å². The van der Waals surface area contributed by atoms with Gasteiger partial charge >= 0.3 is 0 Å². The van der Waals surface area contributed by atoms with Crippen LogP contribution in [0.25, 0.3) is 0 Å². The zero-order valence-corrected chi connectivity index (χ0v) is 8.39. The lowest BCUT2D eigenvalue weighted by molar-refractivity contribution is -0.696. The van der Waals surface area contributed by atoms with Gasteiger partial charge in [-0.1, -0.05) is 12.7 Å². The molecule has 0 aromatic carbocycles. The van der Waals surface area contributed by atoms with E-state index in [9.17, 15) is 0 Å². The van der Waals surface area contributed by atoms with E-state index in [2.05, 4.69) is 34.3 Å². The summed E-state index contributed by atoms with van der Waals surface area (Å²) in [5.74, 6) is 0. The van der Waals surface area contributed by atoms with Crippen molar-refractivity contribution in [3.63, 3.8) is 0 Å². The number of nitrogens with zero attached hydrogens (tertiary/aromatic N) is 3. The fourth-order valence-corrected chi connectivity index (χ4v) is 1.33. The Morgan fingerprint density at radius 2 is 2.36 bits per heavy atom. The molecule has 1 heterocycles. The number of nitriles is 1. The molecule has 14 heavy (non-hydrogen) atoms. The summed E-state index contributed by atoms with van der Waals surface area (Å²) in [6.45, 7) is 5.53. The average molecular weight is 190 g/mol. The molecular formula is C11H16N3+. The van der Waals surface area contributed by atoms with Crippen molar-refractivity contribution in [3.05, 3.63) is 31.4 Å². The fourth-order valence-electron chi connectivity index (χ4n) is 1.33. The van der Waals surface area contributed by atoms with Crippen LogP contribution in [-0.2, 0) is 13.1 Å². The molecule has 0 unspecified atom stereocenters. The Morgan fingerprint density at radius 1 is 1.50 bits per heavy atom. The second kappa shape index (κ2) is 5.98. The van der Waals surface area contributed by atoms with Gasteiger partial charge in [-0.15, -0.1) is 0 Å². The predicted molar refractivity (Wildman–Crippen MR) is 54.3 cm³/mol. The number of aryl methyl sites for hydroxylation is 1. The van der Waals surface area contributed by atoms with Crippen molar-refractivity contribution in [2.24, 2.45) is 0 Å². The number of imidazole rings is 1. The molecule has 0 bridgehead atoms. The number of allylic oxidation sites excluding steroid dienone is 1. The van der Waals surface area contributed by atoms with E-state index in [1.54, 1.807) is 0 Å². The van der Waals surface area contributed by atoms with E-state index in [0.29, 0.717) is 6.42 Å². The lowest BCUT2D eigenvalue weighted by atomic mass is 10.2. The summed E-state index contributed by atoms with van der Waals surface area (Å²) in [5.41, 5.74) is 0. The van der Waals surface area contributed by atoms with Crippen LogP contribution >= 0.6 is 0 Å². The maximum atomic E-state index is 8.37. The van der Waals surface area contributed by atoms with E-state index in [4.69, 9.17) is 5.26 Å². The quantitative estimate of drug-likeness (QED) is 0.381. The van der Waals surface area contributed by atoms with Gasteiger partial charge in [0.15, 0.2) is 0 Å². The van der Waals surface area contributed by atoms with Gasteiger partial charge in [-0.25, -0.2) is 9.13 Å². The third-order valence-electron chi connectivity index (χ3n) is 2.04. The third-order valence-corrected chi connectivity index (χ3v) is 2.04. The summed E-state index contributed by atoms with van der Waals surface area (Å²) in [5, 5.41) is 8.37. The largest absolute Gasteiger partial charge is 0.244 e. The van der Waals surface area contributed by atoms with Gasteiger partial charge in [0.2, 0.25) is 6.33 Å². The highest BCUT2D eigenvalue weighted by Crippen LogP contribution is 1.93. The molecule has 3 heteroatoms. The number of rotatable bonds is 6. The number of aromatic nitrogens is 2. The van der Waals surface area contributed by atoms with Gasteiger partial charge < -0.3 is 0 Å². The van der Waals surface area contributed by atoms with Crippen molar-refractivity contribution >= 4 is 0 Å². The van der Waals surface area contributed by atoms with Crippen LogP contribution in [0.2, 0.25) is 0 Å². The van der Waals surface area contributed by atoms with Crippen molar-refractivity contribution in [3.8, 4) is 6.07 Å². The van der Waals surface area contributed by atoms with Crippen LogP contribution in [0, 0.1) is 11.3 Å². The summed E-state index contributed by atoms with van der Waals surface area (Å²) >= 11 is 0. The van der Waals surface area contributed by atoms with Crippen LogP contribution in [0.3, 0.4) is 0 Å². The molecule has 1 aromatic rings. The topological polar surface area (TPSA) is 32.6 Å². The van der Waals surface area contributed by atoms with Crippen molar-refractivity contribution in [2.75, 3.05) is 0 Å². The molecule has 0 spiro atoms. The van der Waals surface area contributed by atoms with Crippen LogP contribution in [-0.4, -0.2) is 4.57 Å². The molecule has 0 N–H and O–H groups in total. The highest BCUT2D eigenvalue weighted by molar-refractivity contribution is 4.74. The Hall–Kier alpha value is -1.56. The summed E-state index contributed by atoms with van der Waals surface area (Å²) in [6, 6.07) is 2.15. The summed E-state index contributed by atoms with van der Waals surface area (Å²) < 4.78 is 4.22. The van der Waals surface area contributed by atoms with Gasteiger partial charge in [0.1, 0.15) is 18.9 Å². The Morgan fingerprint density at radius 3 is 3.07 bits per heavy atom. The van der Waals surface area contributed by atoms with Crippen LogP contribution in [0.1, 0.15) is 19.3 Å². The van der Waals surface area contributed by atoms with E-state index in [1.807, 2.05) is 12.3 Å². The van der Waals surface area contributed by atoms with Gasteiger partial charge in [0.05, 0.1) is 12.6 Å². The zero-order valence-electron chi connectivity index (χ0n) is 8.39. The van der Waals surface area contributed by atoms with Gasteiger partial charge in [-0.2, -0.15) is 5.26 Å². The van der Waals surface area contributed by atoms with Crippen LogP contribution in [0.15, 0.2) is 31.4 Å². The second-order valence-electron chi connectivity index (χ2n) is 3.25. The number of hydrogen-bond acceptors (Lipinski definition) is 1. The Balaban J connectivity index is 2.29. The van der Waals surface area contributed by atoms with Gasteiger partial charge in [-0.05, 0) is 12.8 Å². The third kappa shape index (κ3) is 3.44. The van der Waals surface area contributed by atoms with Crippen LogP contribution in [0.5, 0.6) is 0 Å². The first-order valence-electron chi connectivity index (χ1n) is 4.89. The molecule has 74 valence electrons. The molecule has 0 aliphatic carbocycles. The summed E-state index contributed by atoms with van der Waals surface area (Å²) in [6.07, 6.45) is 10.7. The molecule has 1 rings (SSSR count). The normalized spacial score (nSPS) is 9.64. The number of hydrogen-bond donors (Lipinski definition) is 0. The highest BCUT2D eigenvalue weighted by atomic mass is 15.1. The molecule has 0 aliphatic heterocycles. The number of unbranched alkanes of at least 4 members (excludes halogenated alkanes) is 2. The molecule has 1 aromatic heterocycles. The standard InChI is InChI=1S/C11H16N3/c1-2-7-13-9-10-14(11-13)8-5-3-4-6-12/h2,9-11H,1,3-5,7-8H2/q+1. The Bertz CT molecular complexity index is 320. The first kappa shape index (κ1) is 10.5. The minimum Gasteiger partial charge on any atom is -0.237 e. The first-order valence-corrected chi connectivity index (χ1v) is 4.89. The maximum absolute atomic E-state index is 8.37. The minimum atomic E-state index is 0.661. The average Bonchev–Trinajstić information content (AvgIpc) is 2.61. The molecule has 0 aliphatic rings. The van der Waals surface area contributed by atoms with Crippen molar-refractivity contribution in [1.82, 2.24) is 4.57 Å². The molecule has 0 fully saturated rings. The zero-order chi connectivity index (χ0) is 10.2. The van der Waals surface area contributed by atoms with E-state index < -0.39 is 0 Å². The predicted octanol–water partition coefficient (Wildman–Crippen LogP) is 1.66. The van der Waals surface area contributed by atoms with Crippen LogP contribution < -0.4 is 4.57 Å². The smallest absolute Gasteiger partial charge is 0.237 e. The molecule has 0 atom stereocenters. The molecule has 0 saturated carbocycles. The van der Waals surface area contributed by atoms with Crippen molar-refractivity contribution in [1.29, 1.82) is 5.26 Å². The van der Waals surface area contributed by atoms with Gasteiger partial charge in [0, 0.05) is 6.42 Å².